The van der Waals surface area contributed by atoms with Gasteiger partial charge in [-0.3, -0.25) is 0 Å². The largest absolute Gasteiger partial charge is 0.311 e. The molecule has 0 spiro atoms. The summed E-state index contributed by atoms with van der Waals surface area (Å²) >= 11 is 0. The lowest BCUT2D eigenvalue weighted by Gasteiger charge is -2.36. The first-order valence-electron chi connectivity index (χ1n) is 6.55. The van der Waals surface area contributed by atoms with Crippen molar-refractivity contribution < 1.29 is 0 Å². The van der Waals surface area contributed by atoms with Crippen molar-refractivity contribution in [3.8, 4) is 0 Å². The molecule has 0 bridgehead atoms. The average Bonchev–Trinajstić information content (AvgIpc) is 2.14. The van der Waals surface area contributed by atoms with Gasteiger partial charge in [-0.05, 0) is 39.7 Å². The zero-order valence-electron chi connectivity index (χ0n) is 12.6. The lowest BCUT2D eigenvalue weighted by Crippen LogP contribution is -2.46. The molecule has 0 heterocycles. The second-order valence-corrected chi connectivity index (χ2v) is 6.69. The summed E-state index contributed by atoms with van der Waals surface area (Å²) in [5.74, 6) is 0. The van der Waals surface area contributed by atoms with Gasteiger partial charge in [-0.2, -0.15) is 0 Å². The van der Waals surface area contributed by atoms with Crippen LogP contribution in [0.3, 0.4) is 0 Å². The van der Waals surface area contributed by atoms with Crippen LogP contribution < -0.4 is 5.32 Å². The van der Waals surface area contributed by atoms with E-state index in [1.807, 2.05) is 0 Å². The molecule has 1 atom stereocenters. The lowest BCUT2D eigenvalue weighted by atomic mass is 9.87. The van der Waals surface area contributed by atoms with Crippen molar-refractivity contribution in [1.29, 1.82) is 0 Å². The Morgan fingerprint density at radius 3 is 2.00 bits per heavy atom. The van der Waals surface area contributed by atoms with Gasteiger partial charge in [-0.15, -0.1) is 0 Å². The van der Waals surface area contributed by atoms with Gasteiger partial charge in [-0.25, -0.2) is 0 Å². The molecule has 1 unspecified atom stereocenters. The first-order chi connectivity index (χ1) is 7.10. The SMILES string of the molecule is CCC(C)(C)NCCN(C)C(C)C(C)(C)C. The van der Waals surface area contributed by atoms with Gasteiger partial charge in [-0.1, -0.05) is 27.7 Å². The highest BCUT2D eigenvalue weighted by Crippen LogP contribution is 2.22. The number of likely N-dealkylation sites (N-methyl/N-ethyl adjacent to an activating group) is 1. The standard InChI is InChI=1S/C14H32N2/c1-9-14(6,7)15-10-11-16(8)12(2)13(3,4)5/h12,15H,9-11H2,1-8H3. The summed E-state index contributed by atoms with van der Waals surface area (Å²) in [5, 5.41) is 3.60. The average molecular weight is 228 g/mol. The van der Waals surface area contributed by atoms with Gasteiger partial charge < -0.3 is 10.2 Å². The maximum atomic E-state index is 3.60. The van der Waals surface area contributed by atoms with Crippen LogP contribution in [0.5, 0.6) is 0 Å². The fourth-order valence-corrected chi connectivity index (χ4v) is 1.55. The van der Waals surface area contributed by atoms with Crippen molar-refractivity contribution in [2.45, 2.75) is 66.5 Å². The highest BCUT2D eigenvalue weighted by atomic mass is 15.2. The van der Waals surface area contributed by atoms with E-state index in [2.05, 4.69) is 65.7 Å². The summed E-state index contributed by atoms with van der Waals surface area (Å²) in [4.78, 5) is 2.44. The molecule has 16 heavy (non-hydrogen) atoms. The molecule has 2 heteroatoms. The smallest absolute Gasteiger partial charge is 0.0123 e. The molecular formula is C14H32N2. The zero-order chi connectivity index (χ0) is 13.0. The van der Waals surface area contributed by atoms with Gasteiger partial charge in [0.25, 0.3) is 0 Å². The van der Waals surface area contributed by atoms with E-state index in [9.17, 15) is 0 Å². The molecule has 0 amide bonds. The molecule has 0 aromatic rings. The maximum Gasteiger partial charge on any atom is 0.0123 e. The van der Waals surface area contributed by atoms with E-state index in [0.717, 1.165) is 13.1 Å². The molecule has 0 aliphatic heterocycles. The third kappa shape index (κ3) is 5.86. The zero-order valence-corrected chi connectivity index (χ0v) is 12.6. The Bertz CT molecular complexity index is 191. The molecule has 0 saturated heterocycles. The van der Waals surface area contributed by atoms with E-state index in [1.54, 1.807) is 0 Å². The third-order valence-corrected chi connectivity index (χ3v) is 3.87. The first-order valence-corrected chi connectivity index (χ1v) is 6.55. The van der Waals surface area contributed by atoms with Crippen LogP contribution in [0, 0.1) is 5.41 Å². The highest BCUT2D eigenvalue weighted by Gasteiger charge is 2.23. The minimum absolute atomic E-state index is 0.270. The fraction of sp³-hybridized carbons (Fsp3) is 1.00. The predicted molar refractivity (Wildman–Crippen MR) is 73.9 cm³/mol. The van der Waals surface area contributed by atoms with E-state index in [-0.39, 0.29) is 5.54 Å². The third-order valence-electron chi connectivity index (χ3n) is 3.87. The molecule has 0 saturated carbocycles. The summed E-state index contributed by atoms with van der Waals surface area (Å²) in [6.45, 7) is 18.2. The molecule has 0 aliphatic carbocycles. The molecule has 0 radical (unpaired) electrons. The van der Waals surface area contributed by atoms with Crippen molar-refractivity contribution in [2.24, 2.45) is 5.41 Å². The van der Waals surface area contributed by atoms with Crippen molar-refractivity contribution in [1.82, 2.24) is 10.2 Å². The second-order valence-electron chi connectivity index (χ2n) is 6.69. The number of hydrogen-bond donors (Lipinski definition) is 1. The number of nitrogens with one attached hydrogen (secondary N) is 1. The molecule has 0 rings (SSSR count). The summed E-state index contributed by atoms with van der Waals surface area (Å²) < 4.78 is 0. The van der Waals surface area contributed by atoms with Crippen LogP contribution in [-0.4, -0.2) is 36.6 Å². The van der Waals surface area contributed by atoms with E-state index in [1.165, 1.54) is 6.42 Å². The van der Waals surface area contributed by atoms with Crippen LogP contribution in [0.25, 0.3) is 0 Å². The van der Waals surface area contributed by atoms with Crippen molar-refractivity contribution in [3.05, 3.63) is 0 Å². The van der Waals surface area contributed by atoms with Gasteiger partial charge in [0.2, 0.25) is 0 Å². The quantitative estimate of drug-likeness (QED) is 0.751. The van der Waals surface area contributed by atoms with E-state index < -0.39 is 0 Å². The van der Waals surface area contributed by atoms with E-state index >= 15 is 0 Å². The van der Waals surface area contributed by atoms with Gasteiger partial charge in [0.05, 0.1) is 0 Å². The monoisotopic (exact) mass is 228 g/mol. The van der Waals surface area contributed by atoms with Gasteiger partial charge in [0, 0.05) is 24.7 Å². The summed E-state index contributed by atoms with van der Waals surface area (Å²) in [7, 11) is 2.22. The van der Waals surface area contributed by atoms with Crippen molar-refractivity contribution >= 4 is 0 Å². The molecule has 1 N–H and O–H groups in total. The highest BCUT2D eigenvalue weighted by molar-refractivity contribution is 4.79. The lowest BCUT2D eigenvalue weighted by molar-refractivity contribution is 0.138. The first kappa shape index (κ1) is 15.9. The van der Waals surface area contributed by atoms with Crippen LogP contribution in [-0.2, 0) is 0 Å². The molecule has 98 valence electrons. The van der Waals surface area contributed by atoms with Gasteiger partial charge in [0.1, 0.15) is 0 Å². The maximum absolute atomic E-state index is 3.60. The molecule has 0 fully saturated rings. The molecular weight excluding hydrogens is 196 g/mol. The summed E-state index contributed by atoms with van der Waals surface area (Å²) in [6, 6.07) is 0.610. The van der Waals surface area contributed by atoms with Crippen molar-refractivity contribution in [2.75, 3.05) is 20.1 Å². The van der Waals surface area contributed by atoms with Crippen molar-refractivity contribution in [3.63, 3.8) is 0 Å². The van der Waals surface area contributed by atoms with Crippen LogP contribution in [0.1, 0.15) is 54.9 Å². The summed E-state index contributed by atoms with van der Waals surface area (Å²) in [5.41, 5.74) is 0.626. The fourth-order valence-electron chi connectivity index (χ4n) is 1.55. The second kappa shape index (κ2) is 6.02. The minimum Gasteiger partial charge on any atom is -0.311 e. The Morgan fingerprint density at radius 2 is 1.62 bits per heavy atom. The Morgan fingerprint density at radius 1 is 1.12 bits per heavy atom. The number of hydrogen-bond acceptors (Lipinski definition) is 2. The normalized spacial score (nSPS) is 15.6. The van der Waals surface area contributed by atoms with E-state index in [4.69, 9.17) is 0 Å². The minimum atomic E-state index is 0.270. The van der Waals surface area contributed by atoms with Crippen LogP contribution in [0.2, 0.25) is 0 Å². The number of rotatable bonds is 6. The Labute approximate surface area is 103 Å². The summed E-state index contributed by atoms with van der Waals surface area (Å²) in [6.07, 6.45) is 1.17. The number of nitrogens with zero attached hydrogens (tertiary/aromatic N) is 1. The Hall–Kier alpha value is -0.0800. The Balaban J connectivity index is 3.95. The van der Waals surface area contributed by atoms with Crippen LogP contribution >= 0.6 is 0 Å². The topological polar surface area (TPSA) is 15.3 Å². The molecule has 0 aromatic carbocycles. The van der Waals surface area contributed by atoms with E-state index in [0.29, 0.717) is 11.5 Å². The molecule has 2 nitrogen and oxygen atoms in total. The Kier molecular flexibility index (Phi) is 5.99. The molecule has 0 aliphatic rings. The van der Waals surface area contributed by atoms with Gasteiger partial charge in [0.15, 0.2) is 0 Å². The van der Waals surface area contributed by atoms with Crippen LogP contribution in [0.4, 0.5) is 0 Å². The predicted octanol–water partition coefficient (Wildman–Crippen LogP) is 3.13. The molecule has 0 aromatic heterocycles. The van der Waals surface area contributed by atoms with Crippen LogP contribution in [0.15, 0.2) is 0 Å². The van der Waals surface area contributed by atoms with Gasteiger partial charge >= 0.3 is 0 Å².